The third-order valence-electron chi connectivity index (χ3n) is 5.10. The van der Waals surface area contributed by atoms with Gasteiger partial charge in [-0.15, -0.1) is 0 Å². The van der Waals surface area contributed by atoms with Crippen molar-refractivity contribution in [2.75, 3.05) is 39.9 Å². The van der Waals surface area contributed by atoms with Crippen LogP contribution in [0.3, 0.4) is 0 Å². The Morgan fingerprint density at radius 1 is 0.737 bits per heavy atom. The summed E-state index contributed by atoms with van der Waals surface area (Å²) in [5.74, 6) is -0.163. The van der Waals surface area contributed by atoms with E-state index in [1.54, 1.807) is 24.3 Å². The van der Waals surface area contributed by atoms with Crippen molar-refractivity contribution in [1.82, 2.24) is 10.9 Å². The van der Waals surface area contributed by atoms with Crippen LogP contribution in [-0.4, -0.2) is 52.3 Å². The Hall–Kier alpha value is -4.77. The molecule has 3 rings (SSSR count). The Kier molecular flexibility index (Phi) is 10.3. The molecule has 0 aromatic heterocycles. The number of amides is 3. The molecule has 0 aliphatic heterocycles. The molecule has 200 valence electrons. The fourth-order valence-corrected chi connectivity index (χ4v) is 3.26. The summed E-state index contributed by atoms with van der Waals surface area (Å²) in [6.45, 7) is -0.374. The van der Waals surface area contributed by atoms with Crippen LogP contribution in [0.4, 0.5) is 5.69 Å². The quantitative estimate of drug-likeness (QED) is 0.309. The molecule has 0 radical (unpaired) electrons. The number of ether oxygens (including phenoxy) is 5. The van der Waals surface area contributed by atoms with Crippen molar-refractivity contribution in [3.63, 3.8) is 0 Å². The maximum Gasteiger partial charge on any atom is 0.269 e. The molecule has 0 spiro atoms. The topological polar surface area (TPSA) is 133 Å². The van der Waals surface area contributed by atoms with E-state index in [0.717, 1.165) is 5.56 Å². The number of hydrogen-bond donors (Lipinski definition) is 3. The molecule has 0 atom stereocenters. The first-order chi connectivity index (χ1) is 18.4. The molecule has 0 unspecified atom stereocenters. The molecule has 0 heterocycles. The van der Waals surface area contributed by atoms with Crippen LogP contribution in [0.2, 0.25) is 0 Å². The zero-order chi connectivity index (χ0) is 27.3. The summed E-state index contributed by atoms with van der Waals surface area (Å²) in [6, 6.07) is 19.5. The van der Waals surface area contributed by atoms with Crippen LogP contribution in [0.1, 0.15) is 15.9 Å². The van der Waals surface area contributed by atoms with E-state index in [9.17, 15) is 14.4 Å². The molecule has 0 bridgehead atoms. The summed E-state index contributed by atoms with van der Waals surface area (Å²) in [5, 5.41) is 2.66. The Labute approximate surface area is 220 Å². The third kappa shape index (κ3) is 8.14. The number of anilines is 1. The minimum atomic E-state index is -0.654. The Morgan fingerprint density at radius 3 is 1.97 bits per heavy atom. The average molecular weight is 524 g/mol. The van der Waals surface area contributed by atoms with Gasteiger partial charge in [-0.2, -0.15) is 0 Å². The first kappa shape index (κ1) is 27.8. The first-order valence-corrected chi connectivity index (χ1v) is 11.5. The molecule has 3 aromatic carbocycles. The monoisotopic (exact) mass is 523 g/mol. The molecular weight excluding hydrogens is 494 g/mol. The van der Waals surface area contributed by atoms with Crippen molar-refractivity contribution < 1.29 is 38.1 Å². The summed E-state index contributed by atoms with van der Waals surface area (Å²) in [5.41, 5.74) is 6.24. The van der Waals surface area contributed by atoms with Crippen LogP contribution in [-0.2, 0) is 20.9 Å². The van der Waals surface area contributed by atoms with Crippen LogP contribution >= 0.6 is 0 Å². The van der Waals surface area contributed by atoms with Gasteiger partial charge in [-0.1, -0.05) is 30.3 Å². The number of carbonyl (C=O) groups is 3. The highest BCUT2D eigenvalue weighted by Crippen LogP contribution is 2.38. The number of benzene rings is 3. The van der Waals surface area contributed by atoms with Crippen molar-refractivity contribution in [2.24, 2.45) is 0 Å². The van der Waals surface area contributed by atoms with Crippen molar-refractivity contribution >= 4 is 23.4 Å². The van der Waals surface area contributed by atoms with Crippen molar-refractivity contribution in [2.45, 2.75) is 6.61 Å². The van der Waals surface area contributed by atoms with E-state index in [1.165, 1.54) is 33.5 Å². The second-order valence-corrected chi connectivity index (χ2v) is 7.76. The molecule has 0 fully saturated rings. The van der Waals surface area contributed by atoms with Gasteiger partial charge in [0.1, 0.15) is 25.6 Å². The predicted molar refractivity (Wildman–Crippen MR) is 138 cm³/mol. The van der Waals surface area contributed by atoms with Gasteiger partial charge in [0.05, 0.1) is 21.3 Å². The predicted octanol–water partition coefficient (Wildman–Crippen LogP) is 2.71. The SMILES string of the molecule is COc1cc(C(=O)NNC(=O)COCC(=O)Nc2ccc(OCc3ccccc3)cc2)cc(OC)c1OC. The molecule has 0 saturated carbocycles. The lowest BCUT2D eigenvalue weighted by Gasteiger charge is -2.14. The van der Waals surface area contributed by atoms with Gasteiger partial charge in [0, 0.05) is 11.3 Å². The van der Waals surface area contributed by atoms with Gasteiger partial charge in [0.2, 0.25) is 11.7 Å². The van der Waals surface area contributed by atoms with E-state index < -0.39 is 24.3 Å². The smallest absolute Gasteiger partial charge is 0.269 e. The maximum absolute atomic E-state index is 12.4. The van der Waals surface area contributed by atoms with E-state index in [2.05, 4.69) is 16.2 Å². The van der Waals surface area contributed by atoms with Crippen molar-refractivity contribution in [3.05, 3.63) is 77.9 Å². The number of carbonyl (C=O) groups excluding carboxylic acids is 3. The lowest BCUT2D eigenvalue weighted by molar-refractivity contribution is -0.129. The van der Waals surface area contributed by atoms with E-state index >= 15 is 0 Å². The third-order valence-corrected chi connectivity index (χ3v) is 5.10. The lowest BCUT2D eigenvalue weighted by Crippen LogP contribution is -2.43. The summed E-state index contributed by atoms with van der Waals surface area (Å²) in [7, 11) is 4.29. The Bertz CT molecular complexity index is 1210. The van der Waals surface area contributed by atoms with Crippen LogP contribution in [0.25, 0.3) is 0 Å². The summed E-state index contributed by atoms with van der Waals surface area (Å²) < 4.78 is 26.5. The highest BCUT2D eigenvalue weighted by atomic mass is 16.5. The summed E-state index contributed by atoms with van der Waals surface area (Å²) in [4.78, 5) is 36.5. The number of hydrazine groups is 1. The summed E-state index contributed by atoms with van der Waals surface area (Å²) >= 11 is 0. The molecule has 3 amide bonds. The van der Waals surface area contributed by atoms with Gasteiger partial charge in [-0.3, -0.25) is 25.2 Å². The van der Waals surface area contributed by atoms with Gasteiger partial charge >= 0.3 is 0 Å². The van der Waals surface area contributed by atoms with Gasteiger partial charge in [0.25, 0.3) is 11.8 Å². The largest absolute Gasteiger partial charge is 0.493 e. The molecule has 11 heteroatoms. The van der Waals surface area contributed by atoms with Crippen molar-refractivity contribution in [1.29, 1.82) is 0 Å². The maximum atomic E-state index is 12.4. The lowest BCUT2D eigenvalue weighted by atomic mass is 10.1. The van der Waals surface area contributed by atoms with Gasteiger partial charge in [0.15, 0.2) is 11.5 Å². The minimum absolute atomic E-state index is 0.164. The molecule has 0 aliphatic carbocycles. The van der Waals surface area contributed by atoms with Crippen LogP contribution in [0.5, 0.6) is 23.0 Å². The van der Waals surface area contributed by atoms with Gasteiger partial charge in [-0.25, -0.2) is 0 Å². The summed E-state index contributed by atoms with van der Waals surface area (Å²) in [6.07, 6.45) is 0. The standard InChI is InChI=1S/C27H29N3O8/c1-34-22-13-19(14-23(35-2)26(22)36-3)27(33)30-29-25(32)17-37-16-24(31)28-20-9-11-21(12-10-20)38-15-18-7-5-4-6-8-18/h4-14H,15-17H2,1-3H3,(H,28,31)(H,29,32)(H,30,33). The van der Waals surface area contributed by atoms with Crippen LogP contribution < -0.4 is 35.1 Å². The number of nitrogens with one attached hydrogen (secondary N) is 3. The number of methoxy groups -OCH3 is 3. The average Bonchev–Trinajstić information content (AvgIpc) is 2.95. The highest BCUT2D eigenvalue weighted by Gasteiger charge is 2.17. The van der Waals surface area contributed by atoms with E-state index in [-0.39, 0.29) is 23.7 Å². The molecule has 0 aliphatic rings. The van der Waals surface area contributed by atoms with Gasteiger partial charge in [-0.05, 0) is 42.0 Å². The Balaban J connectivity index is 1.38. The fourth-order valence-electron chi connectivity index (χ4n) is 3.26. The number of rotatable bonds is 12. The van der Waals surface area contributed by atoms with E-state index in [4.69, 9.17) is 23.7 Å². The first-order valence-electron chi connectivity index (χ1n) is 11.5. The molecular formula is C27H29N3O8. The van der Waals surface area contributed by atoms with Crippen LogP contribution in [0, 0.1) is 0 Å². The van der Waals surface area contributed by atoms with E-state index in [1.807, 2.05) is 30.3 Å². The second-order valence-electron chi connectivity index (χ2n) is 7.76. The van der Waals surface area contributed by atoms with Crippen molar-refractivity contribution in [3.8, 4) is 23.0 Å². The Morgan fingerprint density at radius 2 is 1.37 bits per heavy atom. The zero-order valence-corrected chi connectivity index (χ0v) is 21.2. The second kappa shape index (κ2) is 14.1. The molecule has 3 aromatic rings. The zero-order valence-electron chi connectivity index (χ0n) is 21.2. The van der Waals surface area contributed by atoms with Gasteiger partial charge < -0.3 is 29.0 Å². The molecule has 38 heavy (non-hydrogen) atoms. The highest BCUT2D eigenvalue weighted by molar-refractivity contribution is 5.97. The fraction of sp³-hybridized carbons (Fsp3) is 0.222. The normalized spacial score (nSPS) is 10.2. The number of hydrogen-bond acceptors (Lipinski definition) is 8. The minimum Gasteiger partial charge on any atom is -0.493 e. The molecule has 0 saturated heterocycles. The molecule has 3 N–H and O–H groups in total. The van der Waals surface area contributed by atoms with E-state index in [0.29, 0.717) is 23.8 Å². The molecule has 11 nitrogen and oxygen atoms in total. The van der Waals surface area contributed by atoms with Crippen LogP contribution in [0.15, 0.2) is 66.7 Å².